The van der Waals surface area contributed by atoms with Gasteiger partial charge in [-0.3, -0.25) is 14.9 Å². The van der Waals surface area contributed by atoms with Crippen LogP contribution in [0.25, 0.3) is 0 Å². The first-order chi connectivity index (χ1) is 9.28. The largest absolute Gasteiger partial charge is 0.374 e. The number of nitro groups is 1. The average molecular weight is 302 g/mol. The summed E-state index contributed by atoms with van der Waals surface area (Å²) in [7, 11) is 0. The Morgan fingerprint density at radius 2 is 2.25 bits per heavy atom. The lowest BCUT2D eigenvalue weighted by molar-refractivity contribution is -0.385. The molecule has 0 atom stereocenters. The quantitative estimate of drug-likeness (QED) is 0.494. The Hall–Kier alpha value is -1.73. The predicted molar refractivity (Wildman–Crippen MR) is 73.9 cm³/mol. The number of nitrogens with zero attached hydrogens (tertiary/aromatic N) is 2. The van der Waals surface area contributed by atoms with Crippen molar-refractivity contribution in [2.45, 2.75) is 26.4 Å². The number of hydrogen-bond acceptors (Lipinski definition) is 5. The molecule has 1 heterocycles. The van der Waals surface area contributed by atoms with E-state index in [9.17, 15) is 14.9 Å². The molecule has 1 rings (SSSR count). The molecule has 1 N–H and O–H groups in total. The Bertz CT molecular complexity index is 519. The number of ether oxygens (including phenoxy) is 1. The van der Waals surface area contributed by atoms with E-state index in [2.05, 4.69) is 10.3 Å². The maximum atomic E-state index is 12.0. The number of halogens is 1. The van der Waals surface area contributed by atoms with E-state index in [1.54, 1.807) is 0 Å². The molecule has 0 saturated carbocycles. The summed E-state index contributed by atoms with van der Waals surface area (Å²) >= 11 is 5.65. The molecule has 1 aromatic heterocycles. The van der Waals surface area contributed by atoms with E-state index >= 15 is 0 Å². The number of pyridine rings is 1. The van der Waals surface area contributed by atoms with Crippen molar-refractivity contribution >= 4 is 23.2 Å². The van der Waals surface area contributed by atoms with E-state index in [1.807, 2.05) is 20.8 Å². The van der Waals surface area contributed by atoms with Gasteiger partial charge in [-0.25, -0.2) is 4.98 Å². The lowest BCUT2D eigenvalue weighted by Crippen LogP contribution is -2.40. The Labute approximate surface area is 121 Å². The number of nitrogens with one attached hydrogen (secondary N) is 1. The summed E-state index contributed by atoms with van der Waals surface area (Å²) in [5.74, 6) is -0.589. The van der Waals surface area contributed by atoms with Crippen LogP contribution in [0.4, 0.5) is 5.69 Å². The fourth-order valence-corrected chi connectivity index (χ4v) is 1.84. The molecule has 0 spiro atoms. The van der Waals surface area contributed by atoms with Crippen molar-refractivity contribution in [3.05, 3.63) is 33.1 Å². The van der Waals surface area contributed by atoms with Gasteiger partial charge in [-0.2, -0.15) is 0 Å². The van der Waals surface area contributed by atoms with Crippen molar-refractivity contribution in [2.24, 2.45) is 0 Å². The lowest BCUT2D eigenvalue weighted by Gasteiger charge is -2.24. The number of carbonyl (C=O) groups excluding carboxylic acids is 1. The molecule has 110 valence electrons. The molecule has 0 radical (unpaired) electrons. The second-order valence-corrected chi connectivity index (χ2v) is 4.99. The lowest BCUT2D eigenvalue weighted by atomic mass is 10.1. The summed E-state index contributed by atoms with van der Waals surface area (Å²) in [4.78, 5) is 25.8. The van der Waals surface area contributed by atoms with Gasteiger partial charge in [0.15, 0.2) is 0 Å². The molecule has 0 aliphatic rings. The van der Waals surface area contributed by atoms with Crippen molar-refractivity contribution in [1.82, 2.24) is 10.3 Å². The molecule has 0 saturated heterocycles. The first kappa shape index (κ1) is 16.3. The molecule has 0 bridgehead atoms. The van der Waals surface area contributed by atoms with Crippen LogP contribution >= 0.6 is 11.6 Å². The zero-order valence-corrected chi connectivity index (χ0v) is 12.2. The summed E-state index contributed by atoms with van der Waals surface area (Å²) in [5.41, 5.74) is -1.18. The highest BCUT2D eigenvalue weighted by atomic mass is 35.5. The standard InChI is InChI=1S/C12H16ClN3O4/c1-4-20-12(2,3)7-15-11(17)8-5-6-14-10(13)9(8)16(18)19/h5-6H,4,7H2,1-3H3,(H,15,17). The third-order valence-electron chi connectivity index (χ3n) is 2.52. The molecule has 0 aromatic carbocycles. The molecule has 1 amide bonds. The topological polar surface area (TPSA) is 94.4 Å². The Balaban J connectivity index is 2.89. The van der Waals surface area contributed by atoms with Crippen LogP contribution in [-0.4, -0.2) is 34.6 Å². The summed E-state index contributed by atoms with van der Waals surface area (Å²) in [5, 5.41) is 13.2. The molecule has 1 aromatic rings. The Kier molecular flexibility index (Phi) is 5.41. The van der Waals surface area contributed by atoms with E-state index in [4.69, 9.17) is 16.3 Å². The second-order valence-electron chi connectivity index (χ2n) is 4.63. The van der Waals surface area contributed by atoms with Crippen molar-refractivity contribution in [3.63, 3.8) is 0 Å². The monoisotopic (exact) mass is 301 g/mol. The van der Waals surface area contributed by atoms with Gasteiger partial charge in [0.05, 0.1) is 10.5 Å². The average Bonchev–Trinajstić information content (AvgIpc) is 2.35. The van der Waals surface area contributed by atoms with Gasteiger partial charge in [-0.15, -0.1) is 0 Å². The van der Waals surface area contributed by atoms with Crippen LogP contribution in [-0.2, 0) is 4.74 Å². The summed E-state index contributed by atoms with van der Waals surface area (Å²) in [6, 6.07) is 1.26. The molecule has 0 aliphatic carbocycles. The molecule has 20 heavy (non-hydrogen) atoms. The van der Waals surface area contributed by atoms with Crippen LogP contribution in [0.3, 0.4) is 0 Å². The zero-order chi connectivity index (χ0) is 15.3. The maximum absolute atomic E-state index is 12.0. The highest BCUT2D eigenvalue weighted by molar-refractivity contribution is 6.32. The number of rotatable bonds is 6. The van der Waals surface area contributed by atoms with E-state index < -0.39 is 22.1 Å². The van der Waals surface area contributed by atoms with Crippen molar-refractivity contribution < 1.29 is 14.5 Å². The predicted octanol–water partition coefficient (Wildman–Crippen LogP) is 2.19. The molecule has 8 heteroatoms. The molecule has 0 unspecified atom stereocenters. The van der Waals surface area contributed by atoms with Gasteiger partial charge in [0.1, 0.15) is 5.56 Å². The molecule has 0 aliphatic heterocycles. The van der Waals surface area contributed by atoms with E-state index in [1.165, 1.54) is 12.3 Å². The summed E-state index contributed by atoms with van der Waals surface area (Å²) in [6.45, 7) is 6.19. The van der Waals surface area contributed by atoms with Crippen molar-refractivity contribution in [1.29, 1.82) is 0 Å². The summed E-state index contributed by atoms with van der Waals surface area (Å²) in [6.07, 6.45) is 1.25. The van der Waals surface area contributed by atoms with Gasteiger partial charge in [-0.1, -0.05) is 11.6 Å². The third kappa shape index (κ3) is 4.14. The zero-order valence-electron chi connectivity index (χ0n) is 11.5. The number of aromatic nitrogens is 1. The van der Waals surface area contributed by atoms with Crippen molar-refractivity contribution in [2.75, 3.05) is 13.2 Å². The Morgan fingerprint density at radius 3 is 2.80 bits per heavy atom. The van der Waals surface area contributed by atoms with Gasteiger partial charge in [-0.05, 0) is 26.8 Å². The summed E-state index contributed by atoms with van der Waals surface area (Å²) < 4.78 is 5.43. The SMILES string of the molecule is CCOC(C)(C)CNC(=O)c1ccnc(Cl)c1[N+](=O)[O-]. The molecule has 0 fully saturated rings. The first-order valence-electron chi connectivity index (χ1n) is 5.99. The minimum absolute atomic E-state index is 0.123. The van der Waals surface area contributed by atoms with Gasteiger partial charge < -0.3 is 10.1 Å². The molecular weight excluding hydrogens is 286 g/mol. The van der Waals surface area contributed by atoms with Gasteiger partial charge in [0, 0.05) is 19.3 Å². The van der Waals surface area contributed by atoms with Gasteiger partial charge in [0.25, 0.3) is 5.91 Å². The number of amides is 1. The number of hydrogen-bond donors (Lipinski definition) is 1. The van der Waals surface area contributed by atoms with Crippen molar-refractivity contribution in [3.8, 4) is 0 Å². The minimum Gasteiger partial charge on any atom is -0.374 e. The fraction of sp³-hybridized carbons (Fsp3) is 0.500. The van der Waals surface area contributed by atoms with E-state index in [-0.39, 0.29) is 17.3 Å². The normalized spacial score (nSPS) is 11.2. The highest BCUT2D eigenvalue weighted by Crippen LogP contribution is 2.25. The van der Waals surface area contributed by atoms with Gasteiger partial charge in [0.2, 0.25) is 5.15 Å². The highest BCUT2D eigenvalue weighted by Gasteiger charge is 2.26. The fourth-order valence-electron chi connectivity index (χ4n) is 1.62. The smallest absolute Gasteiger partial charge is 0.319 e. The van der Waals surface area contributed by atoms with E-state index in [0.717, 1.165) is 0 Å². The third-order valence-corrected chi connectivity index (χ3v) is 2.79. The molecule has 7 nitrogen and oxygen atoms in total. The Morgan fingerprint density at radius 1 is 1.60 bits per heavy atom. The van der Waals surface area contributed by atoms with Crippen LogP contribution in [0.15, 0.2) is 12.3 Å². The van der Waals surface area contributed by atoms with Crippen LogP contribution in [0.1, 0.15) is 31.1 Å². The van der Waals surface area contributed by atoms with Crippen LogP contribution in [0, 0.1) is 10.1 Å². The van der Waals surface area contributed by atoms with Gasteiger partial charge >= 0.3 is 5.69 Å². The first-order valence-corrected chi connectivity index (χ1v) is 6.37. The second kappa shape index (κ2) is 6.62. The maximum Gasteiger partial charge on any atom is 0.319 e. The van der Waals surface area contributed by atoms with Crippen LogP contribution in [0.2, 0.25) is 5.15 Å². The number of carbonyl (C=O) groups is 1. The van der Waals surface area contributed by atoms with E-state index in [0.29, 0.717) is 6.61 Å². The van der Waals surface area contributed by atoms with Crippen LogP contribution in [0.5, 0.6) is 0 Å². The van der Waals surface area contributed by atoms with Crippen LogP contribution < -0.4 is 5.32 Å². The minimum atomic E-state index is -0.724. The molecular formula is C12H16ClN3O4.